The zero-order valence-corrected chi connectivity index (χ0v) is 8.75. The van der Waals surface area contributed by atoms with Crippen LogP contribution in [0.5, 0.6) is 0 Å². The molecule has 0 aliphatic carbocycles. The van der Waals surface area contributed by atoms with Gasteiger partial charge in [0.05, 0.1) is 0 Å². The Bertz CT molecular complexity index is 190. The van der Waals surface area contributed by atoms with Gasteiger partial charge < -0.3 is 10.2 Å². The van der Waals surface area contributed by atoms with Crippen LogP contribution >= 0.6 is 0 Å². The summed E-state index contributed by atoms with van der Waals surface area (Å²) in [6.45, 7) is 6.66. The Balaban J connectivity index is -0.000000187. The molecule has 4 nitrogen and oxygen atoms in total. The maximum Gasteiger partial charge on any atom is 0.330 e. The molecule has 2 N–H and O–H groups in total. The Morgan fingerprint density at radius 1 is 1.20 bits per heavy atom. The van der Waals surface area contributed by atoms with Gasteiger partial charge in [0, 0.05) is 12.0 Å². The zero-order chi connectivity index (χ0) is 11.6. The first kappa shape index (κ1) is 19.9. The predicted molar refractivity (Wildman–Crippen MR) is 62.8 cm³/mol. The minimum absolute atomic E-state index is 0. The molecule has 0 fully saturated rings. The summed E-state index contributed by atoms with van der Waals surface area (Å²) >= 11 is 0. The summed E-state index contributed by atoms with van der Waals surface area (Å²) in [5.74, 6) is -1.62. The molecule has 0 aromatic rings. The minimum Gasteiger partial charge on any atom is -0.481 e. The Morgan fingerprint density at radius 3 is 1.80 bits per heavy atom. The third-order valence-electron chi connectivity index (χ3n) is 1.36. The first-order valence-corrected chi connectivity index (χ1v) is 4.52. The summed E-state index contributed by atoms with van der Waals surface area (Å²) in [4.78, 5) is 19.5. The van der Waals surface area contributed by atoms with Crippen LogP contribution in [0.2, 0.25) is 0 Å². The maximum absolute atomic E-state index is 9.87. The molecule has 0 aromatic heterocycles. The van der Waals surface area contributed by atoms with Crippen molar-refractivity contribution in [3.8, 4) is 0 Å². The lowest BCUT2D eigenvalue weighted by molar-refractivity contribution is -0.137. The molecular weight excluding hydrogens is 208 g/mol. The molecule has 0 aromatic carbocycles. The monoisotopic (exact) mass is 228 g/mol. The molecule has 86 valence electrons. The van der Waals surface area contributed by atoms with E-state index in [9.17, 15) is 9.59 Å². The van der Waals surface area contributed by atoms with Crippen LogP contribution in [0.4, 0.5) is 0 Å². The van der Waals surface area contributed by atoms with Crippen molar-refractivity contribution in [2.75, 3.05) is 0 Å². The highest BCUT2D eigenvalue weighted by molar-refractivity contribution is 5.84. The molecule has 0 bridgehead atoms. The van der Waals surface area contributed by atoms with Crippen LogP contribution in [0.15, 0.2) is 12.2 Å². The van der Waals surface area contributed by atoms with E-state index in [0.717, 1.165) is 19.3 Å². The number of unbranched alkanes of at least 4 members (excludes halogenated alkanes) is 2. The van der Waals surface area contributed by atoms with Gasteiger partial charge in [-0.3, -0.25) is 4.79 Å². The quantitative estimate of drug-likeness (QED) is 0.424. The van der Waals surface area contributed by atoms with Crippen LogP contribution in [-0.2, 0) is 9.59 Å². The van der Waals surface area contributed by atoms with Gasteiger partial charge in [-0.15, -0.1) is 0 Å². The molecule has 0 rings (SSSR count). The van der Waals surface area contributed by atoms with Crippen molar-refractivity contribution in [3.05, 3.63) is 12.2 Å². The molecule has 0 saturated carbocycles. The average molecular weight is 229 g/mol. The molecule has 15 heavy (non-hydrogen) atoms. The van der Waals surface area contributed by atoms with Crippen molar-refractivity contribution < 1.29 is 19.8 Å². The Labute approximate surface area is 107 Å². The van der Waals surface area contributed by atoms with Crippen LogP contribution in [0.25, 0.3) is 0 Å². The summed E-state index contributed by atoms with van der Waals surface area (Å²) < 4.78 is 0. The third-order valence-corrected chi connectivity index (χ3v) is 1.36. The molecule has 0 atom stereocenters. The first-order valence-electron chi connectivity index (χ1n) is 4.52. The van der Waals surface area contributed by atoms with Crippen molar-refractivity contribution in [1.29, 1.82) is 0 Å². The van der Waals surface area contributed by atoms with Gasteiger partial charge in [0.25, 0.3) is 0 Å². The summed E-state index contributed by atoms with van der Waals surface area (Å²) in [5.41, 5.74) is 0.176. The van der Waals surface area contributed by atoms with Gasteiger partial charge in [0.15, 0.2) is 0 Å². The molecule has 5 heteroatoms. The highest BCUT2D eigenvalue weighted by atomic mass is 24.3. The van der Waals surface area contributed by atoms with Gasteiger partial charge in [0.2, 0.25) is 0 Å². The van der Waals surface area contributed by atoms with Crippen LogP contribution in [0.1, 0.15) is 39.5 Å². The molecule has 0 heterocycles. The van der Waals surface area contributed by atoms with Crippen LogP contribution in [0, 0.1) is 0 Å². The number of hydrogen-bond donors (Lipinski definition) is 2. The van der Waals surface area contributed by atoms with Crippen molar-refractivity contribution in [3.63, 3.8) is 0 Å². The lowest BCUT2D eigenvalue weighted by atomic mass is 10.2. The van der Waals surface area contributed by atoms with Gasteiger partial charge in [-0.1, -0.05) is 26.3 Å². The van der Waals surface area contributed by atoms with E-state index in [4.69, 9.17) is 10.2 Å². The molecule has 0 unspecified atom stereocenters. The van der Waals surface area contributed by atoms with Gasteiger partial charge >= 0.3 is 35.0 Å². The van der Waals surface area contributed by atoms with Crippen molar-refractivity contribution in [2.24, 2.45) is 0 Å². The lowest BCUT2D eigenvalue weighted by Crippen LogP contribution is -1.92. The highest BCUT2D eigenvalue weighted by Crippen LogP contribution is 1.97. The van der Waals surface area contributed by atoms with Crippen molar-refractivity contribution in [2.45, 2.75) is 39.5 Å². The number of carbonyl (C=O) groups is 2. The standard InChI is InChI=1S/C6H12O2.C4H6O2.Mg.2H/c1-2-3-4-5-6(7)8;1-3(2)4(5)6;;;/h2-5H2,1H3,(H,7,8);1H2,2H3,(H,5,6);;;. The fourth-order valence-electron chi connectivity index (χ4n) is 0.526. The molecular formula is C10H20MgO4. The second-order valence-electron chi connectivity index (χ2n) is 2.94. The summed E-state index contributed by atoms with van der Waals surface area (Å²) in [7, 11) is 0. The van der Waals surface area contributed by atoms with E-state index in [1.165, 1.54) is 6.92 Å². The summed E-state index contributed by atoms with van der Waals surface area (Å²) in [6, 6.07) is 0. The van der Waals surface area contributed by atoms with Gasteiger partial charge in [-0.05, 0) is 13.3 Å². The van der Waals surface area contributed by atoms with E-state index >= 15 is 0 Å². The molecule has 0 radical (unpaired) electrons. The van der Waals surface area contributed by atoms with E-state index in [1.54, 1.807) is 0 Å². The minimum atomic E-state index is -0.935. The fraction of sp³-hybridized carbons (Fsp3) is 0.600. The van der Waals surface area contributed by atoms with Crippen LogP contribution in [-0.4, -0.2) is 45.2 Å². The molecule has 0 spiro atoms. The fourth-order valence-corrected chi connectivity index (χ4v) is 0.526. The Hall–Kier alpha value is -0.554. The molecule has 0 aliphatic heterocycles. The number of hydrogen-bond acceptors (Lipinski definition) is 2. The van der Waals surface area contributed by atoms with Crippen molar-refractivity contribution >= 4 is 35.0 Å². The SMILES string of the molecule is C=C(C)C(=O)O.CCCCCC(=O)O.[MgH2]. The second kappa shape index (κ2) is 13.4. The molecule has 0 aliphatic rings. The summed E-state index contributed by atoms with van der Waals surface area (Å²) in [6.07, 6.45) is 3.28. The van der Waals surface area contributed by atoms with E-state index in [1.807, 2.05) is 0 Å². The zero-order valence-electron chi connectivity index (χ0n) is 8.75. The topological polar surface area (TPSA) is 74.6 Å². The first-order chi connectivity index (χ1) is 6.41. The molecule has 0 saturated heterocycles. The largest absolute Gasteiger partial charge is 0.481 e. The predicted octanol–water partition coefficient (Wildman–Crippen LogP) is 1.38. The van der Waals surface area contributed by atoms with Gasteiger partial charge in [-0.25, -0.2) is 4.79 Å². The van der Waals surface area contributed by atoms with E-state index in [-0.39, 0.29) is 28.6 Å². The summed E-state index contributed by atoms with van der Waals surface area (Å²) in [5, 5.41) is 16.0. The Morgan fingerprint density at radius 2 is 1.60 bits per heavy atom. The number of rotatable bonds is 5. The highest BCUT2D eigenvalue weighted by Gasteiger charge is 1.92. The van der Waals surface area contributed by atoms with Crippen LogP contribution < -0.4 is 0 Å². The average Bonchev–Trinajstić information content (AvgIpc) is 2.05. The van der Waals surface area contributed by atoms with E-state index in [0.29, 0.717) is 6.42 Å². The maximum atomic E-state index is 9.87. The van der Waals surface area contributed by atoms with E-state index in [2.05, 4.69) is 13.5 Å². The van der Waals surface area contributed by atoms with Crippen molar-refractivity contribution in [1.82, 2.24) is 0 Å². The van der Waals surface area contributed by atoms with E-state index < -0.39 is 11.9 Å². The van der Waals surface area contributed by atoms with Crippen LogP contribution in [0.3, 0.4) is 0 Å². The smallest absolute Gasteiger partial charge is 0.330 e. The normalized spacial score (nSPS) is 7.87. The Kier molecular flexibility index (Phi) is 17.9. The third kappa shape index (κ3) is 24.7. The number of carboxylic acids is 2. The second-order valence-corrected chi connectivity index (χ2v) is 2.94. The van der Waals surface area contributed by atoms with Gasteiger partial charge in [0.1, 0.15) is 0 Å². The van der Waals surface area contributed by atoms with Gasteiger partial charge in [-0.2, -0.15) is 0 Å². The lowest BCUT2D eigenvalue weighted by Gasteiger charge is -1.89. The number of aliphatic carboxylic acids is 2. The number of carboxylic acid groups (broad SMARTS) is 2. The molecule has 0 amide bonds.